The van der Waals surface area contributed by atoms with Crippen molar-refractivity contribution < 1.29 is 4.79 Å². The SMILES string of the molecule is CC(C(=O)NC1(C)CCNCC1)C1CC1. The quantitative estimate of drug-likeness (QED) is 0.737. The van der Waals surface area contributed by atoms with Gasteiger partial charge in [-0.25, -0.2) is 0 Å². The highest BCUT2D eigenvalue weighted by Gasteiger charge is 2.36. The van der Waals surface area contributed by atoms with Gasteiger partial charge in [0.2, 0.25) is 5.91 Å². The molecule has 1 atom stereocenters. The maximum Gasteiger partial charge on any atom is 0.223 e. The number of hydrogen-bond donors (Lipinski definition) is 2. The van der Waals surface area contributed by atoms with Crippen LogP contribution in [0.2, 0.25) is 0 Å². The summed E-state index contributed by atoms with van der Waals surface area (Å²) in [4.78, 5) is 12.0. The molecule has 0 aromatic carbocycles. The van der Waals surface area contributed by atoms with Crippen molar-refractivity contribution in [1.29, 1.82) is 0 Å². The molecule has 1 saturated heterocycles. The molecule has 1 heterocycles. The molecule has 3 nitrogen and oxygen atoms in total. The summed E-state index contributed by atoms with van der Waals surface area (Å²) < 4.78 is 0. The molecular weight excluding hydrogens is 188 g/mol. The molecule has 0 bridgehead atoms. The summed E-state index contributed by atoms with van der Waals surface area (Å²) >= 11 is 0. The summed E-state index contributed by atoms with van der Waals surface area (Å²) in [7, 11) is 0. The molecule has 2 N–H and O–H groups in total. The van der Waals surface area contributed by atoms with Gasteiger partial charge in [-0.05, 0) is 51.6 Å². The highest BCUT2D eigenvalue weighted by molar-refractivity contribution is 5.79. The van der Waals surface area contributed by atoms with Gasteiger partial charge < -0.3 is 10.6 Å². The first-order valence-electron chi connectivity index (χ1n) is 6.13. The summed E-state index contributed by atoms with van der Waals surface area (Å²) in [5, 5.41) is 6.56. The fraction of sp³-hybridized carbons (Fsp3) is 0.917. The van der Waals surface area contributed by atoms with Crippen LogP contribution in [0.1, 0.15) is 39.5 Å². The molecule has 1 amide bonds. The monoisotopic (exact) mass is 210 g/mol. The average Bonchev–Trinajstić information content (AvgIpc) is 3.00. The van der Waals surface area contributed by atoms with E-state index in [4.69, 9.17) is 0 Å². The minimum atomic E-state index is 0.0332. The Morgan fingerprint density at radius 2 is 2.00 bits per heavy atom. The summed E-state index contributed by atoms with van der Waals surface area (Å²) in [5.41, 5.74) is 0.0332. The molecule has 0 aromatic heterocycles. The van der Waals surface area contributed by atoms with Crippen LogP contribution < -0.4 is 10.6 Å². The molecule has 1 unspecified atom stereocenters. The van der Waals surface area contributed by atoms with Gasteiger partial charge in [0.25, 0.3) is 0 Å². The van der Waals surface area contributed by atoms with Crippen molar-refractivity contribution in [2.45, 2.75) is 45.1 Å². The molecule has 86 valence electrons. The second-order valence-electron chi connectivity index (χ2n) is 5.43. The summed E-state index contributed by atoms with van der Waals surface area (Å²) in [6.45, 7) is 6.28. The van der Waals surface area contributed by atoms with E-state index >= 15 is 0 Å². The zero-order valence-corrected chi connectivity index (χ0v) is 9.81. The van der Waals surface area contributed by atoms with Crippen LogP contribution in [0.3, 0.4) is 0 Å². The van der Waals surface area contributed by atoms with Gasteiger partial charge in [-0.3, -0.25) is 4.79 Å². The van der Waals surface area contributed by atoms with Crippen molar-refractivity contribution in [2.24, 2.45) is 11.8 Å². The first-order valence-corrected chi connectivity index (χ1v) is 6.13. The van der Waals surface area contributed by atoms with Crippen LogP contribution in [-0.2, 0) is 4.79 Å². The average molecular weight is 210 g/mol. The van der Waals surface area contributed by atoms with Crippen LogP contribution in [0.4, 0.5) is 0 Å². The van der Waals surface area contributed by atoms with Crippen LogP contribution in [0.15, 0.2) is 0 Å². The van der Waals surface area contributed by atoms with Crippen LogP contribution in [0, 0.1) is 11.8 Å². The Hall–Kier alpha value is -0.570. The molecule has 2 fully saturated rings. The highest BCUT2D eigenvalue weighted by Crippen LogP contribution is 2.37. The fourth-order valence-electron chi connectivity index (χ4n) is 2.33. The molecule has 15 heavy (non-hydrogen) atoms. The van der Waals surface area contributed by atoms with Crippen LogP contribution in [0.5, 0.6) is 0 Å². The first-order chi connectivity index (χ1) is 7.11. The van der Waals surface area contributed by atoms with E-state index in [2.05, 4.69) is 24.5 Å². The lowest BCUT2D eigenvalue weighted by Crippen LogP contribution is -2.53. The van der Waals surface area contributed by atoms with Gasteiger partial charge in [0.15, 0.2) is 0 Å². The van der Waals surface area contributed by atoms with E-state index in [9.17, 15) is 4.79 Å². The number of rotatable bonds is 3. The molecular formula is C12H22N2O. The van der Waals surface area contributed by atoms with Crippen molar-refractivity contribution in [2.75, 3.05) is 13.1 Å². The lowest BCUT2D eigenvalue weighted by molar-refractivity contribution is -0.127. The van der Waals surface area contributed by atoms with Gasteiger partial charge in [-0.1, -0.05) is 6.92 Å². The van der Waals surface area contributed by atoms with Gasteiger partial charge in [0.05, 0.1) is 0 Å². The molecule has 0 aromatic rings. The minimum Gasteiger partial charge on any atom is -0.351 e. The summed E-state index contributed by atoms with van der Waals surface area (Å²) in [6, 6.07) is 0. The number of nitrogens with one attached hydrogen (secondary N) is 2. The third-order valence-corrected chi connectivity index (χ3v) is 3.87. The molecule has 1 saturated carbocycles. The van der Waals surface area contributed by atoms with E-state index in [0.717, 1.165) is 25.9 Å². The Kier molecular flexibility index (Phi) is 3.01. The second-order valence-corrected chi connectivity index (χ2v) is 5.43. The van der Waals surface area contributed by atoms with E-state index in [1.165, 1.54) is 12.8 Å². The molecule has 1 aliphatic carbocycles. The lowest BCUT2D eigenvalue weighted by Gasteiger charge is -2.35. The largest absolute Gasteiger partial charge is 0.351 e. The van der Waals surface area contributed by atoms with Crippen molar-refractivity contribution in [3.8, 4) is 0 Å². The van der Waals surface area contributed by atoms with Crippen molar-refractivity contribution in [3.63, 3.8) is 0 Å². The van der Waals surface area contributed by atoms with Gasteiger partial charge in [0, 0.05) is 11.5 Å². The number of piperidine rings is 1. The zero-order chi connectivity index (χ0) is 10.9. The smallest absolute Gasteiger partial charge is 0.223 e. The lowest BCUT2D eigenvalue weighted by atomic mass is 9.89. The Morgan fingerprint density at radius 1 is 1.40 bits per heavy atom. The Morgan fingerprint density at radius 3 is 2.53 bits per heavy atom. The van der Waals surface area contributed by atoms with Crippen LogP contribution in [-0.4, -0.2) is 24.5 Å². The van der Waals surface area contributed by atoms with E-state index in [0.29, 0.717) is 5.92 Å². The standard InChI is InChI=1S/C12H22N2O/c1-9(10-3-4-10)11(15)14-12(2)5-7-13-8-6-12/h9-10,13H,3-8H2,1-2H3,(H,14,15). The first kappa shape index (κ1) is 10.9. The maximum absolute atomic E-state index is 12.0. The van der Waals surface area contributed by atoms with Gasteiger partial charge in [0.1, 0.15) is 0 Å². The van der Waals surface area contributed by atoms with E-state index in [-0.39, 0.29) is 17.4 Å². The second kappa shape index (κ2) is 4.12. The van der Waals surface area contributed by atoms with E-state index in [1.807, 2.05) is 0 Å². The Labute approximate surface area is 92.0 Å². The maximum atomic E-state index is 12.0. The Bertz CT molecular complexity index is 242. The van der Waals surface area contributed by atoms with Crippen LogP contribution in [0.25, 0.3) is 0 Å². The molecule has 2 aliphatic rings. The number of carbonyl (C=O) groups is 1. The zero-order valence-electron chi connectivity index (χ0n) is 9.81. The minimum absolute atomic E-state index is 0.0332. The molecule has 2 rings (SSSR count). The number of amides is 1. The summed E-state index contributed by atoms with van der Waals surface area (Å²) in [5.74, 6) is 1.15. The van der Waals surface area contributed by atoms with Crippen molar-refractivity contribution >= 4 is 5.91 Å². The third-order valence-electron chi connectivity index (χ3n) is 3.87. The van der Waals surface area contributed by atoms with Crippen molar-refractivity contribution in [3.05, 3.63) is 0 Å². The summed E-state index contributed by atoms with van der Waals surface area (Å²) in [6.07, 6.45) is 4.59. The highest BCUT2D eigenvalue weighted by atomic mass is 16.2. The molecule has 0 radical (unpaired) electrons. The third kappa shape index (κ3) is 2.71. The predicted molar refractivity (Wildman–Crippen MR) is 60.5 cm³/mol. The predicted octanol–water partition coefficient (Wildman–Crippen LogP) is 1.29. The van der Waals surface area contributed by atoms with Gasteiger partial charge in [-0.2, -0.15) is 0 Å². The van der Waals surface area contributed by atoms with Crippen molar-refractivity contribution in [1.82, 2.24) is 10.6 Å². The number of carbonyl (C=O) groups excluding carboxylic acids is 1. The molecule has 1 aliphatic heterocycles. The fourth-order valence-corrected chi connectivity index (χ4v) is 2.33. The van der Waals surface area contributed by atoms with Gasteiger partial charge in [-0.15, -0.1) is 0 Å². The topological polar surface area (TPSA) is 41.1 Å². The van der Waals surface area contributed by atoms with E-state index in [1.54, 1.807) is 0 Å². The van der Waals surface area contributed by atoms with Gasteiger partial charge >= 0.3 is 0 Å². The number of hydrogen-bond acceptors (Lipinski definition) is 2. The van der Waals surface area contributed by atoms with Crippen LogP contribution >= 0.6 is 0 Å². The molecule has 0 spiro atoms. The Balaban J connectivity index is 1.85. The normalized spacial score (nSPS) is 27.1. The molecule has 3 heteroatoms. The van der Waals surface area contributed by atoms with E-state index < -0.39 is 0 Å².